The molecule has 0 fully saturated rings. The fourth-order valence-corrected chi connectivity index (χ4v) is 2.40. The van der Waals surface area contributed by atoms with Gasteiger partial charge >= 0.3 is 0 Å². The number of furan rings is 1. The van der Waals surface area contributed by atoms with Crippen molar-refractivity contribution >= 4 is 17.5 Å². The first-order valence-corrected chi connectivity index (χ1v) is 7.14. The number of carbonyl (C=O) groups excluding carboxylic acids is 2. The highest BCUT2D eigenvalue weighted by Crippen LogP contribution is 2.22. The SMILES string of the molecule is CCc1ccccc1NC1=CC(=O)N(Cc2ccco2)C1=O. The number of rotatable bonds is 5. The monoisotopic (exact) mass is 296 g/mol. The molecule has 2 heterocycles. The second-order valence-electron chi connectivity index (χ2n) is 5.00. The maximum Gasteiger partial charge on any atom is 0.277 e. The van der Waals surface area contributed by atoms with E-state index in [0.717, 1.165) is 22.6 Å². The molecule has 0 saturated carbocycles. The molecule has 1 aliphatic heterocycles. The van der Waals surface area contributed by atoms with Crippen molar-refractivity contribution in [2.75, 3.05) is 5.32 Å². The average molecular weight is 296 g/mol. The summed E-state index contributed by atoms with van der Waals surface area (Å²) in [6.07, 6.45) is 3.69. The minimum absolute atomic E-state index is 0.141. The molecule has 0 aliphatic carbocycles. The Morgan fingerprint density at radius 3 is 2.68 bits per heavy atom. The second kappa shape index (κ2) is 5.89. The fraction of sp³-hybridized carbons (Fsp3) is 0.176. The summed E-state index contributed by atoms with van der Waals surface area (Å²) in [6.45, 7) is 2.18. The van der Waals surface area contributed by atoms with Crippen molar-refractivity contribution < 1.29 is 14.0 Å². The van der Waals surface area contributed by atoms with E-state index in [1.165, 1.54) is 12.3 Å². The van der Waals surface area contributed by atoms with E-state index in [4.69, 9.17) is 4.42 Å². The van der Waals surface area contributed by atoms with Crippen LogP contribution in [-0.4, -0.2) is 16.7 Å². The van der Waals surface area contributed by atoms with Crippen LogP contribution < -0.4 is 5.32 Å². The van der Waals surface area contributed by atoms with Crippen molar-refractivity contribution in [3.63, 3.8) is 0 Å². The Kier molecular flexibility index (Phi) is 3.78. The Balaban J connectivity index is 1.77. The van der Waals surface area contributed by atoms with Gasteiger partial charge in [0.05, 0.1) is 12.8 Å². The normalized spacial score (nSPS) is 14.4. The minimum Gasteiger partial charge on any atom is -0.467 e. The van der Waals surface area contributed by atoms with Gasteiger partial charge in [-0.1, -0.05) is 25.1 Å². The summed E-state index contributed by atoms with van der Waals surface area (Å²) in [7, 11) is 0. The molecule has 1 N–H and O–H groups in total. The van der Waals surface area contributed by atoms with E-state index in [1.807, 2.05) is 31.2 Å². The van der Waals surface area contributed by atoms with Crippen molar-refractivity contribution in [3.8, 4) is 0 Å². The summed E-state index contributed by atoms with van der Waals surface area (Å²) in [5, 5.41) is 3.07. The molecule has 0 radical (unpaired) electrons. The molecule has 22 heavy (non-hydrogen) atoms. The van der Waals surface area contributed by atoms with Gasteiger partial charge in [0.2, 0.25) is 0 Å². The van der Waals surface area contributed by atoms with Gasteiger partial charge in [0.25, 0.3) is 11.8 Å². The molecule has 112 valence electrons. The number of nitrogens with one attached hydrogen (secondary N) is 1. The van der Waals surface area contributed by atoms with Crippen LogP contribution in [0.2, 0.25) is 0 Å². The lowest BCUT2D eigenvalue weighted by molar-refractivity contribution is -0.138. The maximum absolute atomic E-state index is 12.4. The Hall–Kier alpha value is -2.82. The molecule has 0 unspecified atom stereocenters. The summed E-state index contributed by atoms with van der Waals surface area (Å²) in [4.78, 5) is 25.6. The van der Waals surface area contributed by atoms with Gasteiger partial charge in [-0.2, -0.15) is 0 Å². The van der Waals surface area contributed by atoms with Crippen molar-refractivity contribution in [3.05, 3.63) is 65.8 Å². The molecule has 2 aromatic rings. The van der Waals surface area contributed by atoms with E-state index in [1.54, 1.807) is 12.1 Å². The maximum atomic E-state index is 12.4. The lowest BCUT2D eigenvalue weighted by Gasteiger charge is -2.14. The van der Waals surface area contributed by atoms with Crippen LogP contribution in [0.1, 0.15) is 18.2 Å². The van der Waals surface area contributed by atoms with E-state index in [-0.39, 0.29) is 24.1 Å². The van der Waals surface area contributed by atoms with E-state index < -0.39 is 0 Å². The van der Waals surface area contributed by atoms with E-state index in [0.29, 0.717) is 5.76 Å². The largest absolute Gasteiger partial charge is 0.467 e. The van der Waals surface area contributed by atoms with Crippen molar-refractivity contribution in [1.29, 1.82) is 0 Å². The molecule has 0 atom stereocenters. The summed E-state index contributed by atoms with van der Waals surface area (Å²) < 4.78 is 5.19. The first-order valence-electron chi connectivity index (χ1n) is 7.14. The summed E-state index contributed by atoms with van der Waals surface area (Å²) in [5.41, 5.74) is 2.22. The fourth-order valence-electron chi connectivity index (χ4n) is 2.40. The number of amides is 2. The van der Waals surface area contributed by atoms with Crippen LogP contribution in [0.3, 0.4) is 0 Å². The summed E-state index contributed by atoms with van der Waals surface area (Å²) in [6, 6.07) is 11.2. The van der Waals surface area contributed by atoms with Gasteiger partial charge < -0.3 is 9.73 Å². The molecule has 0 spiro atoms. The second-order valence-corrected chi connectivity index (χ2v) is 5.00. The first kappa shape index (κ1) is 14.1. The lowest BCUT2D eigenvalue weighted by Crippen LogP contribution is -2.31. The first-order chi connectivity index (χ1) is 10.7. The third-order valence-electron chi connectivity index (χ3n) is 3.57. The van der Waals surface area contributed by atoms with E-state index in [2.05, 4.69) is 5.32 Å². The van der Waals surface area contributed by atoms with Gasteiger partial charge in [0.1, 0.15) is 11.5 Å². The van der Waals surface area contributed by atoms with Crippen molar-refractivity contribution in [1.82, 2.24) is 4.90 Å². The average Bonchev–Trinajstić information content (AvgIpc) is 3.12. The quantitative estimate of drug-likeness (QED) is 0.862. The van der Waals surface area contributed by atoms with Gasteiger partial charge in [0.15, 0.2) is 0 Å². The molecule has 5 heteroatoms. The van der Waals surface area contributed by atoms with Crippen molar-refractivity contribution in [2.24, 2.45) is 0 Å². The highest BCUT2D eigenvalue weighted by atomic mass is 16.3. The number of aryl methyl sites for hydroxylation is 1. The molecule has 3 rings (SSSR count). The van der Waals surface area contributed by atoms with Gasteiger partial charge in [0, 0.05) is 11.8 Å². The van der Waals surface area contributed by atoms with Crippen LogP contribution in [0, 0.1) is 0 Å². The molecule has 1 aromatic carbocycles. The molecule has 5 nitrogen and oxygen atoms in total. The smallest absolute Gasteiger partial charge is 0.277 e. The topological polar surface area (TPSA) is 62.6 Å². The van der Waals surface area contributed by atoms with Crippen LogP contribution in [0.4, 0.5) is 5.69 Å². The third-order valence-corrected chi connectivity index (χ3v) is 3.57. The number of anilines is 1. The number of hydrogen-bond acceptors (Lipinski definition) is 4. The van der Waals surface area contributed by atoms with Gasteiger partial charge in [-0.05, 0) is 30.2 Å². The zero-order chi connectivity index (χ0) is 15.5. The summed E-state index contributed by atoms with van der Waals surface area (Å²) >= 11 is 0. The Bertz CT molecular complexity index is 732. The number of nitrogens with zero attached hydrogens (tertiary/aromatic N) is 1. The molecule has 0 saturated heterocycles. The lowest BCUT2D eigenvalue weighted by atomic mass is 10.1. The molecule has 1 aromatic heterocycles. The van der Waals surface area contributed by atoms with Crippen LogP contribution in [-0.2, 0) is 22.6 Å². The zero-order valence-electron chi connectivity index (χ0n) is 12.2. The summed E-state index contributed by atoms with van der Waals surface area (Å²) in [5.74, 6) is -0.101. The minimum atomic E-state index is -0.340. The number of hydrogen-bond donors (Lipinski definition) is 1. The van der Waals surface area contributed by atoms with Gasteiger partial charge in [-0.25, -0.2) is 0 Å². The Morgan fingerprint density at radius 2 is 1.95 bits per heavy atom. The van der Waals surface area contributed by atoms with Crippen molar-refractivity contribution in [2.45, 2.75) is 19.9 Å². The Labute approximate surface area is 128 Å². The molecular formula is C17H16N2O3. The van der Waals surface area contributed by atoms with Gasteiger partial charge in [-0.3, -0.25) is 14.5 Å². The Morgan fingerprint density at radius 1 is 1.14 bits per heavy atom. The zero-order valence-corrected chi connectivity index (χ0v) is 12.2. The number of imide groups is 1. The molecule has 1 aliphatic rings. The predicted molar refractivity (Wildman–Crippen MR) is 81.8 cm³/mol. The van der Waals surface area contributed by atoms with Crippen LogP contribution >= 0.6 is 0 Å². The van der Waals surface area contributed by atoms with Gasteiger partial charge in [-0.15, -0.1) is 0 Å². The highest BCUT2D eigenvalue weighted by molar-refractivity contribution is 6.17. The van der Waals surface area contributed by atoms with E-state index >= 15 is 0 Å². The number of para-hydroxylation sites is 1. The molecule has 2 amide bonds. The third kappa shape index (κ3) is 2.65. The number of carbonyl (C=O) groups is 2. The molecular weight excluding hydrogens is 280 g/mol. The predicted octanol–water partition coefficient (Wildman–Crippen LogP) is 2.71. The van der Waals surface area contributed by atoms with Crippen LogP contribution in [0.5, 0.6) is 0 Å². The standard InChI is InChI=1S/C17H16N2O3/c1-2-12-6-3-4-8-14(12)18-15-10-16(20)19(17(15)21)11-13-7-5-9-22-13/h3-10,18H,2,11H2,1H3. The van der Waals surface area contributed by atoms with Crippen LogP contribution in [0.25, 0.3) is 0 Å². The van der Waals surface area contributed by atoms with E-state index in [9.17, 15) is 9.59 Å². The van der Waals surface area contributed by atoms with Crippen LogP contribution in [0.15, 0.2) is 58.9 Å². The number of benzene rings is 1. The molecule has 0 bridgehead atoms. The highest BCUT2D eigenvalue weighted by Gasteiger charge is 2.31.